The number of benzene rings is 1. The number of ketones is 1. The number of carbonyl (C=O) groups is 3. The van der Waals surface area contributed by atoms with Crippen molar-refractivity contribution >= 4 is 34.8 Å². The van der Waals surface area contributed by atoms with E-state index in [1.807, 2.05) is 32.0 Å². The number of likely N-dealkylation sites (N-methyl/N-ethyl adjacent to an activating group) is 1. The third-order valence-electron chi connectivity index (χ3n) is 3.49. The Balaban J connectivity index is 2.14. The smallest absolute Gasteiger partial charge is 0.316 e. The molecule has 0 saturated heterocycles. The first kappa shape index (κ1) is 18.9. The Labute approximate surface area is 151 Å². The number of anilines is 1. The van der Waals surface area contributed by atoms with E-state index in [0.29, 0.717) is 17.9 Å². The fourth-order valence-electron chi connectivity index (χ4n) is 2.29. The molecule has 0 heterocycles. The van der Waals surface area contributed by atoms with Gasteiger partial charge in [-0.3, -0.25) is 9.59 Å². The van der Waals surface area contributed by atoms with Crippen LogP contribution in [0.15, 0.2) is 47.1 Å². The number of rotatable bonds is 6. The maximum absolute atomic E-state index is 11.7. The molecule has 0 aliphatic heterocycles. The molecule has 0 bridgehead atoms. The van der Waals surface area contributed by atoms with Crippen molar-refractivity contribution in [2.24, 2.45) is 10.7 Å². The molecule has 0 unspecified atom stereocenters. The molecule has 0 spiro atoms. The minimum atomic E-state index is -0.807. The molecular weight excluding hydrogens is 334 g/mol. The van der Waals surface area contributed by atoms with Gasteiger partial charge in [-0.25, -0.2) is 9.79 Å². The number of amides is 3. The van der Waals surface area contributed by atoms with Gasteiger partial charge in [-0.2, -0.15) is 0 Å². The molecule has 0 radical (unpaired) electrons. The van der Waals surface area contributed by atoms with Crippen LogP contribution in [0.5, 0.6) is 0 Å². The molecule has 5 N–H and O–H groups in total. The fourth-order valence-corrected chi connectivity index (χ4v) is 2.29. The Morgan fingerprint density at radius 3 is 2.65 bits per heavy atom. The molecule has 2 rings (SSSR count). The van der Waals surface area contributed by atoms with E-state index >= 15 is 0 Å². The molecule has 26 heavy (non-hydrogen) atoms. The summed E-state index contributed by atoms with van der Waals surface area (Å²) >= 11 is 0. The molecule has 1 aromatic carbocycles. The molecule has 0 saturated carbocycles. The summed E-state index contributed by atoms with van der Waals surface area (Å²) in [6.07, 6.45) is 4.35. The van der Waals surface area contributed by atoms with Crippen molar-refractivity contribution in [2.75, 3.05) is 18.4 Å². The van der Waals surface area contributed by atoms with Crippen LogP contribution >= 0.6 is 0 Å². The first-order valence-corrected chi connectivity index (χ1v) is 8.09. The largest absolute Gasteiger partial charge is 0.376 e. The Bertz CT molecular complexity index is 824. The standard InChI is InChI=1S/C18H21N5O3/c1-3-20-17(25)10-21-12-4-6-14(11(2)8-12)22-13-5-7-16(24)15(9-13)23-18(19)26/h4-9,21H,3,10H2,1-2H3,(H,20,25)(H3,19,23,26). The van der Waals surface area contributed by atoms with Gasteiger partial charge in [0.2, 0.25) is 11.7 Å². The average molecular weight is 355 g/mol. The van der Waals surface area contributed by atoms with Gasteiger partial charge >= 0.3 is 6.03 Å². The lowest BCUT2D eigenvalue weighted by Crippen LogP contribution is -2.32. The lowest BCUT2D eigenvalue weighted by Gasteiger charge is -2.11. The molecule has 8 heteroatoms. The van der Waals surface area contributed by atoms with E-state index < -0.39 is 6.03 Å². The van der Waals surface area contributed by atoms with Crippen LogP contribution in [0.2, 0.25) is 0 Å². The van der Waals surface area contributed by atoms with Gasteiger partial charge in [-0.05, 0) is 55.8 Å². The molecule has 1 aromatic rings. The van der Waals surface area contributed by atoms with Crippen molar-refractivity contribution in [1.29, 1.82) is 0 Å². The van der Waals surface area contributed by atoms with Crippen molar-refractivity contribution in [3.05, 3.63) is 47.7 Å². The lowest BCUT2D eigenvalue weighted by molar-refractivity contribution is -0.119. The van der Waals surface area contributed by atoms with Gasteiger partial charge in [0.15, 0.2) is 0 Å². The summed E-state index contributed by atoms with van der Waals surface area (Å²) in [5, 5.41) is 8.04. The topological polar surface area (TPSA) is 126 Å². The normalized spacial score (nSPS) is 14.8. The third-order valence-corrected chi connectivity index (χ3v) is 3.49. The van der Waals surface area contributed by atoms with Crippen molar-refractivity contribution < 1.29 is 14.4 Å². The SMILES string of the molecule is CCNC(=O)CNc1ccc(N=C2C=CC(=O)C(NC(N)=O)=C2)c(C)c1. The summed E-state index contributed by atoms with van der Waals surface area (Å²) in [5.74, 6) is -0.421. The van der Waals surface area contributed by atoms with Gasteiger partial charge in [0.1, 0.15) is 0 Å². The molecule has 136 valence electrons. The van der Waals surface area contributed by atoms with E-state index in [2.05, 4.69) is 20.9 Å². The summed E-state index contributed by atoms with van der Waals surface area (Å²) in [5.41, 5.74) is 8.04. The first-order valence-electron chi connectivity index (χ1n) is 8.09. The number of nitrogens with zero attached hydrogens (tertiary/aromatic N) is 1. The van der Waals surface area contributed by atoms with Crippen molar-refractivity contribution in [3.63, 3.8) is 0 Å². The molecule has 1 aliphatic carbocycles. The second-order valence-electron chi connectivity index (χ2n) is 5.59. The first-order chi connectivity index (χ1) is 12.4. The number of aliphatic imine (C=N–C) groups is 1. The minimum Gasteiger partial charge on any atom is -0.376 e. The Kier molecular flexibility index (Phi) is 6.26. The van der Waals surface area contributed by atoms with Gasteiger partial charge in [0, 0.05) is 12.2 Å². The van der Waals surface area contributed by atoms with Gasteiger partial charge in [0.05, 0.1) is 23.6 Å². The van der Waals surface area contributed by atoms with Crippen LogP contribution in [0.3, 0.4) is 0 Å². The second kappa shape index (κ2) is 8.61. The summed E-state index contributed by atoms with van der Waals surface area (Å²) in [6.45, 7) is 4.53. The number of carbonyl (C=O) groups excluding carboxylic acids is 3. The van der Waals surface area contributed by atoms with E-state index in [9.17, 15) is 14.4 Å². The monoisotopic (exact) mass is 355 g/mol. The van der Waals surface area contributed by atoms with E-state index in [0.717, 1.165) is 11.3 Å². The average Bonchev–Trinajstić information content (AvgIpc) is 2.58. The number of hydrogen-bond acceptors (Lipinski definition) is 5. The number of hydrogen-bond donors (Lipinski definition) is 4. The van der Waals surface area contributed by atoms with Gasteiger partial charge in [-0.1, -0.05) is 0 Å². The molecule has 0 atom stereocenters. The summed E-state index contributed by atoms with van der Waals surface area (Å²) < 4.78 is 0. The number of aryl methyl sites for hydroxylation is 1. The highest BCUT2D eigenvalue weighted by atomic mass is 16.2. The zero-order valence-corrected chi connectivity index (χ0v) is 14.6. The van der Waals surface area contributed by atoms with Crippen LogP contribution in [-0.2, 0) is 9.59 Å². The maximum atomic E-state index is 11.7. The number of urea groups is 1. The highest BCUT2D eigenvalue weighted by molar-refractivity contribution is 6.20. The Morgan fingerprint density at radius 1 is 1.23 bits per heavy atom. The number of nitrogens with one attached hydrogen (secondary N) is 3. The fraction of sp³-hybridized carbons (Fsp3) is 0.222. The van der Waals surface area contributed by atoms with Crippen LogP contribution in [0.4, 0.5) is 16.2 Å². The van der Waals surface area contributed by atoms with Crippen LogP contribution in [0, 0.1) is 6.92 Å². The Morgan fingerprint density at radius 2 is 2.00 bits per heavy atom. The van der Waals surface area contributed by atoms with Crippen molar-refractivity contribution in [1.82, 2.24) is 10.6 Å². The highest BCUT2D eigenvalue weighted by Crippen LogP contribution is 2.23. The van der Waals surface area contributed by atoms with Crippen LogP contribution < -0.4 is 21.7 Å². The lowest BCUT2D eigenvalue weighted by atomic mass is 10.1. The summed E-state index contributed by atoms with van der Waals surface area (Å²) in [7, 11) is 0. The minimum absolute atomic E-state index is 0.0777. The second-order valence-corrected chi connectivity index (χ2v) is 5.59. The van der Waals surface area contributed by atoms with Crippen LogP contribution in [0.25, 0.3) is 0 Å². The van der Waals surface area contributed by atoms with Gasteiger partial charge in [-0.15, -0.1) is 0 Å². The zero-order chi connectivity index (χ0) is 19.1. The predicted molar refractivity (Wildman–Crippen MR) is 100 cm³/mol. The van der Waals surface area contributed by atoms with Gasteiger partial charge in [0.25, 0.3) is 0 Å². The summed E-state index contributed by atoms with van der Waals surface area (Å²) in [4.78, 5) is 38.6. The molecule has 8 nitrogen and oxygen atoms in total. The zero-order valence-electron chi connectivity index (χ0n) is 14.6. The molecule has 1 aliphatic rings. The van der Waals surface area contributed by atoms with Crippen molar-refractivity contribution in [3.8, 4) is 0 Å². The quantitative estimate of drug-likeness (QED) is 0.574. The number of primary amides is 1. The van der Waals surface area contributed by atoms with E-state index in [1.165, 1.54) is 12.2 Å². The Hall–Kier alpha value is -3.42. The molecule has 0 fully saturated rings. The molecule has 3 amide bonds. The summed E-state index contributed by atoms with van der Waals surface area (Å²) in [6, 6.07) is 4.69. The number of allylic oxidation sites excluding steroid dienone is 3. The predicted octanol–water partition coefficient (Wildman–Crippen LogP) is 1.31. The van der Waals surface area contributed by atoms with Crippen molar-refractivity contribution in [2.45, 2.75) is 13.8 Å². The van der Waals surface area contributed by atoms with E-state index in [1.54, 1.807) is 6.08 Å². The van der Waals surface area contributed by atoms with Gasteiger partial charge < -0.3 is 21.7 Å². The highest BCUT2D eigenvalue weighted by Gasteiger charge is 2.14. The number of nitrogens with two attached hydrogens (primary N) is 1. The van der Waals surface area contributed by atoms with Crippen LogP contribution in [0.1, 0.15) is 12.5 Å². The third kappa shape index (κ3) is 5.30. The molecule has 0 aromatic heterocycles. The molecular formula is C18H21N5O3. The van der Waals surface area contributed by atoms with Crippen LogP contribution in [-0.4, -0.2) is 36.5 Å². The van der Waals surface area contributed by atoms with E-state index in [4.69, 9.17) is 5.73 Å². The maximum Gasteiger partial charge on any atom is 0.316 e. The van der Waals surface area contributed by atoms with E-state index in [-0.39, 0.29) is 23.9 Å².